The van der Waals surface area contributed by atoms with Crippen molar-refractivity contribution in [2.75, 3.05) is 19.6 Å². The number of rotatable bonds is 13. The van der Waals surface area contributed by atoms with Crippen molar-refractivity contribution in [1.82, 2.24) is 5.32 Å². The van der Waals surface area contributed by atoms with Gasteiger partial charge in [-0.1, -0.05) is 145 Å². The molecule has 0 aliphatic heterocycles. The van der Waals surface area contributed by atoms with Crippen LogP contribution < -0.4 is 11.1 Å². The third-order valence-electron chi connectivity index (χ3n) is 12.9. The second kappa shape index (κ2) is 31.5. The summed E-state index contributed by atoms with van der Waals surface area (Å²) in [5, 5.41) is 3.58. The van der Waals surface area contributed by atoms with Crippen molar-refractivity contribution in [3.63, 3.8) is 0 Å². The van der Waals surface area contributed by atoms with Gasteiger partial charge in [0, 0.05) is 0 Å². The summed E-state index contributed by atoms with van der Waals surface area (Å²) in [6.07, 6.45) is 28.2. The molecule has 3 saturated carbocycles. The summed E-state index contributed by atoms with van der Waals surface area (Å²) in [6.45, 7) is 38.0. The van der Waals surface area contributed by atoms with E-state index in [1.54, 1.807) is 5.57 Å². The fourth-order valence-corrected chi connectivity index (χ4v) is 9.41. The van der Waals surface area contributed by atoms with Crippen molar-refractivity contribution in [1.29, 1.82) is 0 Å². The van der Waals surface area contributed by atoms with Gasteiger partial charge in [0.25, 0.3) is 0 Å². The molecular weight excluding hydrogens is 617 g/mol. The van der Waals surface area contributed by atoms with Gasteiger partial charge in [-0.05, 0) is 170 Å². The fraction of sp³-hybridized carbons (Fsp3) is 0.878. The summed E-state index contributed by atoms with van der Waals surface area (Å²) in [7, 11) is 0. The molecule has 3 N–H and O–H groups in total. The van der Waals surface area contributed by atoms with E-state index >= 15 is 0 Å². The first-order valence-electron chi connectivity index (χ1n) is 22.5. The van der Waals surface area contributed by atoms with Crippen molar-refractivity contribution in [2.24, 2.45) is 52.1 Å². The third kappa shape index (κ3) is 17.4. The minimum atomic E-state index is 0. The summed E-state index contributed by atoms with van der Waals surface area (Å²) in [5.74, 6) is 5.68. The average Bonchev–Trinajstić information content (AvgIpc) is 3.48. The SMILES string of the molecule is C.CC.CC.CC.CC.CC(C)C(C)CCCC1CCC2C3CCC4=C/C(=C/CCCNCCCCN)CCC4(C)C3CCC12C.CC=C(C)C. The van der Waals surface area contributed by atoms with Crippen molar-refractivity contribution in [3.8, 4) is 0 Å². The molecule has 2 nitrogen and oxygen atoms in total. The topological polar surface area (TPSA) is 38.0 Å². The van der Waals surface area contributed by atoms with Gasteiger partial charge >= 0.3 is 0 Å². The molecule has 0 spiro atoms. The Bertz CT molecular complexity index is 892. The van der Waals surface area contributed by atoms with Crippen molar-refractivity contribution in [2.45, 2.75) is 215 Å². The Hall–Kier alpha value is -0.860. The fourth-order valence-electron chi connectivity index (χ4n) is 9.41. The van der Waals surface area contributed by atoms with E-state index in [2.05, 4.69) is 72.0 Å². The van der Waals surface area contributed by atoms with Gasteiger partial charge in [0.15, 0.2) is 0 Å². The summed E-state index contributed by atoms with van der Waals surface area (Å²) < 4.78 is 0. The van der Waals surface area contributed by atoms with E-state index in [9.17, 15) is 0 Å². The van der Waals surface area contributed by atoms with Crippen LogP contribution in [0.1, 0.15) is 215 Å². The van der Waals surface area contributed by atoms with E-state index in [4.69, 9.17) is 5.73 Å². The number of unbranched alkanes of at least 4 members (excludes halogenated alkanes) is 2. The van der Waals surface area contributed by atoms with Gasteiger partial charge in [0.1, 0.15) is 0 Å². The lowest BCUT2D eigenvalue weighted by Gasteiger charge is -2.58. The van der Waals surface area contributed by atoms with Crippen LogP contribution in [0.2, 0.25) is 0 Å². The van der Waals surface area contributed by atoms with Crippen molar-refractivity contribution in [3.05, 3.63) is 34.9 Å². The molecule has 4 aliphatic carbocycles. The van der Waals surface area contributed by atoms with Crippen molar-refractivity contribution < 1.29 is 0 Å². The maximum absolute atomic E-state index is 5.59. The first-order valence-corrected chi connectivity index (χ1v) is 22.5. The quantitative estimate of drug-likeness (QED) is 0.147. The summed E-state index contributed by atoms with van der Waals surface area (Å²) in [5.41, 5.74) is 11.6. The zero-order valence-corrected chi connectivity index (χ0v) is 37.5. The van der Waals surface area contributed by atoms with E-state index in [-0.39, 0.29) is 7.43 Å². The second-order valence-electron chi connectivity index (χ2n) is 16.0. The molecule has 51 heavy (non-hydrogen) atoms. The molecule has 0 amide bonds. The summed E-state index contributed by atoms with van der Waals surface area (Å²) >= 11 is 0. The third-order valence-corrected chi connectivity index (χ3v) is 12.9. The van der Waals surface area contributed by atoms with Crippen LogP contribution in [-0.4, -0.2) is 19.6 Å². The molecule has 0 saturated heterocycles. The lowest BCUT2D eigenvalue weighted by Crippen LogP contribution is -2.50. The Balaban J connectivity index is -0.00000145. The molecule has 3 fully saturated rings. The lowest BCUT2D eigenvalue weighted by molar-refractivity contribution is -0.0513. The molecule has 306 valence electrons. The van der Waals surface area contributed by atoms with Gasteiger partial charge in [-0.15, -0.1) is 0 Å². The molecule has 0 aromatic heterocycles. The Labute approximate surface area is 325 Å². The minimum Gasteiger partial charge on any atom is -0.330 e. The highest BCUT2D eigenvalue weighted by Crippen LogP contribution is 2.67. The van der Waals surface area contributed by atoms with Crippen LogP contribution >= 0.6 is 0 Å². The number of allylic oxidation sites excluding steroid dienone is 6. The lowest BCUT2D eigenvalue weighted by atomic mass is 9.46. The van der Waals surface area contributed by atoms with Gasteiger partial charge in [-0.3, -0.25) is 0 Å². The van der Waals surface area contributed by atoms with Gasteiger partial charge in [0.05, 0.1) is 0 Å². The van der Waals surface area contributed by atoms with Gasteiger partial charge < -0.3 is 11.1 Å². The number of nitrogens with one attached hydrogen (secondary N) is 1. The Morgan fingerprint density at radius 3 is 2.00 bits per heavy atom. The molecular formula is C49H100N2. The number of fused-ring (bicyclic) bond motifs is 5. The second-order valence-corrected chi connectivity index (χ2v) is 16.0. The van der Waals surface area contributed by atoms with E-state index in [0.29, 0.717) is 10.8 Å². The molecule has 4 rings (SSSR count). The van der Waals surface area contributed by atoms with Crippen LogP contribution in [0.25, 0.3) is 0 Å². The molecule has 4 aliphatic rings. The minimum absolute atomic E-state index is 0. The van der Waals surface area contributed by atoms with Crippen LogP contribution in [0.15, 0.2) is 34.9 Å². The molecule has 0 aromatic rings. The van der Waals surface area contributed by atoms with Crippen LogP contribution in [0.5, 0.6) is 0 Å². The Morgan fingerprint density at radius 1 is 0.824 bits per heavy atom. The van der Waals surface area contributed by atoms with Crippen LogP contribution in [-0.2, 0) is 0 Å². The smallest absolute Gasteiger partial charge is 0.00460 e. The van der Waals surface area contributed by atoms with Crippen molar-refractivity contribution >= 4 is 0 Å². The number of hydrogen-bond donors (Lipinski definition) is 2. The average molecular weight is 717 g/mol. The largest absolute Gasteiger partial charge is 0.330 e. The normalized spacial score (nSPS) is 28.2. The summed E-state index contributed by atoms with van der Waals surface area (Å²) in [4.78, 5) is 0. The maximum atomic E-state index is 5.59. The number of nitrogens with two attached hydrogens (primary N) is 1. The van der Waals surface area contributed by atoms with Gasteiger partial charge in [-0.25, -0.2) is 0 Å². The highest BCUT2D eigenvalue weighted by atomic mass is 14.8. The van der Waals surface area contributed by atoms with E-state index in [1.165, 1.54) is 95.5 Å². The predicted molar refractivity (Wildman–Crippen MR) is 239 cm³/mol. The van der Waals surface area contributed by atoms with Crippen LogP contribution in [0.3, 0.4) is 0 Å². The first kappa shape index (κ1) is 54.5. The molecule has 0 bridgehead atoms. The monoisotopic (exact) mass is 717 g/mol. The zero-order valence-electron chi connectivity index (χ0n) is 37.5. The van der Waals surface area contributed by atoms with Crippen LogP contribution in [0, 0.1) is 46.3 Å². The van der Waals surface area contributed by atoms with Gasteiger partial charge in [-0.2, -0.15) is 0 Å². The molecule has 0 aromatic carbocycles. The van der Waals surface area contributed by atoms with E-state index in [1.807, 2.05) is 67.9 Å². The molecule has 0 heterocycles. The number of hydrogen-bond acceptors (Lipinski definition) is 2. The maximum Gasteiger partial charge on any atom is -0.00460 e. The predicted octanol–water partition coefficient (Wildman–Crippen LogP) is 15.8. The molecule has 7 unspecified atom stereocenters. The molecule has 7 atom stereocenters. The summed E-state index contributed by atoms with van der Waals surface area (Å²) in [6, 6.07) is 0. The first-order chi connectivity index (χ1) is 24.1. The molecule has 0 radical (unpaired) electrons. The van der Waals surface area contributed by atoms with Crippen LogP contribution in [0.4, 0.5) is 0 Å². The Morgan fingerprint density at radius 2 is 1.43 bits per heavy atom. The standard InChI is InChI=1S/C35H62N2.C5H10.4C2H6.CH4/c1-26(2)27(3)11-10-13-29-15-17-32-31-16-14-30-25-28(12-6-8-23-37-24-9-7-22-36)18-20-35(30,5)33(31)19-21-34(29,32)4;1-4-5(2)3;4*1-2;/h12,25-27,29,31-33,37H,6-11,13-24,36H2,1-5H3;4H,1-3H3;4*1-2H3;1H4/b28-12+;;;;;;. The highest BCUT2D eigenvalue weighted by Gasteiger charge is 2.58. The van der Waals surface area contributed by atoms with Gasteiger partial charge in [0.2, 0.25) is 0 Å². The Kier molecular flexibility index (Phi) is 33.6. The van der Waals surface area contributed by atoms with E-state index in [0.717, 1.165) is 61.6 Å². The molecule has 2 heteroatoms. The van der Waals surface area contributed by atoms with E-state index < -0.39 is 0 Å². The highest BCUT2D eigenvalue weighted by molar-refractivity contribution is 5.34. The zero-order chi connectivity index (χ0) is 38.8.